The third-order valence-electron chi connectivity index (χ3n) is 4.63. The van der Waals surface area contributed by atoms with E-state index in [9.17, 15) is 18.0 Å². The first-order valence-electron chi connectivity index (χ1n) is 8.56. The summed E-state index contributed by atoms with van der Waals surface area (Å²) in [5.41, 5.74) is -0.580. The van der Waals surface area contributed by atoms with Crippen LogP contribution in [0.2, 0.25) is 0 Å². The second-order valence-electron chi connectivity index (χ2n) is 6.31. The van der Waals surface area contributed by atoms with Gasteiger partial charge in [-0.3, -0.25) is 0 Å². The monoisotopic (exact) mass is 382 g/mol. The summed E-state index contributed by atoms with van der Waals surface area (Å²) < 4.78 is 34.4. The van der Waals surface area contributed by atoms with Crippen molar-refractivity contribution in [2.45, 2.75) is 43.5 Å². The first kappa shape index (κ1) is 18.6. The van der Waals surface area contributed by atoms with Crippen LogP contribution in [0.25, 0.3) is 5.65 Å². The zero-order valence-electron chi connectivity index (χ0n) is 14.8. The standard InChI is InChI=1S/C16H22N4O5S/c1-12(15(21)25-2)20-16(22)19-11-7-8-13(14(19)17-20)26(23,24)18-9-5-3-4-6-10-18/h7-8,11-12H,3-6,9-10H2,1-2H3/t12-/m0/s1. The average molecular weight is 382 g/mol. The molecule has 0 aromatic carbocycles. The molecule has 1 atom stereocenters. The van der Waals surface area contributed by atoms with Gasteiger partial charge >= 0.3 is 11.7 Å². The molecular weight excluding hydrogens is 360 g/mol. The lowest BCUT2D eigenvalue weighted by molar-refractivity contribution is -0.144. The molecule has 0 N–H and O–H groups in total. The van der Waals surface area contributed by atoms with E-state index >= 15 is 0 Å². The van der Waals surface area contributed by atoms with E-state index in [2.05, 4.69) is 9.84 Å². The van der Waals surface area contributed by atoms with Crippen molar-refractivity contribution < 1.29 is 17.9 Å². The number of ether oxygens (including phenoxy) is 1. The van der Waals surface area contributed by atoms with Crippen LogP contribution in [-0.4, -0.2) is 53.1 Å². The summed E-state index contributed by atoms with van der Waals surface area (Å²) in [7, 11) is -2.57. The van der Waals surface area contributed by atoms with Crippen LogP contribution in [0.3, 0.4) is 0 Å². The van der Waals surface area contributed by atoms with Gasteiger partial charge < -0.3 is 4.74 Å². The molecule has 1 aliphatic rings. The van der Waals surface area contributed by atoms with Gasteiger partial charge in [-0.05, 0) is 31.9 Å². The van der Waals surface area contributed by atoms with Crippen molar-refractivity contribution in [1.29, 1.82) is 0 Å². The SMILES string of the molecule is COC(=O)[C@H](C)n1nc2c(S(=O)(=O)N3CCCCCC3)cccn2c1=O. The lowest BCUT2D eigenvalue weighted by atomic mass is 10.2. The second-order valence-corrected chi connectivity index (χ2v) is 8.22. The quantitative estimate of drug-likeness (QED) is 0.725. The molecule has 1 aliphatic heterocycles. The first-order valence-corrected chi connectivity index (χ1v) is 10.00. The van der Waals surface area contributed by atoms with Gasteiger partial charge in [0.2, 0.25) is 10.0 Å². The Morgan fingerprint density at radius 1 is 1.23 bits per heavy atom. The number of carbonyl (C=O) groups excluding carboxylic acids is 1. The normalized spacial score (nSPS) is 17.8. The molecular formula is C16H22N4O5S. The van der Waals surface area contributed by atoms with Gasteiger partial charge in [0.25, 0.3) is 0 Å². The Balaban J connectivity index is 2.12. The van der Waals surface area contributed by atoms with Crippen LogP contribution in [0.4, 0.5) is 0 Å². The fourth-order valence-electron chi connectivity index (χ4n) is 3.13. The number of methoxy groups -OCH3 is 1. The molecule has 1 fully saturated rings. The Hall–Kier alpha value is -2.20. The molecule has 2 aromatic heterocycles. The minimum atomic E-state index is -3.79. The minimum Gasteiger partial charge on any atom is -0.467 e. The lowest BCUT2D eigenvalue weighted by Crippen LogP contribution is -2.32. The van der Waals surface area contributed by atoms with Crippen LogP contribution < -0.4 is 5.69 Å². The smallest absolute Gasteiger partial charge is 0.351 e. The molecule has 0 radical (unpaired) electrons. The number of hydrogen-bond acceptors (Lipinski definition) is 6. The van der Waals surface area contributed by atoms with E-state index in [1.807, 2.05) is 0 Å². The molecule has 26 heavy (non-hydrogen) atoms. The summed E-state index contributed by atoms with van der Waals surface area (Å²) in [5.74, 6) is -0.632. The molecule has 142 valence electrons. The predicted molar refractivity (Wildman–Crippen MR) is 93.4 cm³/mol. The van der Waals surface area contributed by atoms with Gasteiger partial charge in [-0.2, -0.15) is 8.99 Å². The fourth-order valence-corrected chi connectivity index (χ4v) is 4.77. The molecule has 1 saturated heterocycles. The van der Waals surface area contributed by atoms with Crippen molar-refractivity contribution in [3.05, 3.63) is 28.8 Å². The number of rotatable bonds is 4. The van der Waals surface area contributed by atoms with Crippen molar-refractivity contribution in [2.24, 2.45) is 0 Å². The number of nitrogens with zero attached hydrogens (tertiary/aromatic N) is 4. The fraction of sp³-hybridized carbons (Fsp3) is 0.562. The van der Waals surface area contributed by atoms with Gasteiger partial charge in [-0.1, -0.05) is 12.8 Å². The molecule has 9 nitrogen and oxygen atoms in total. The Morgan fingerprint density at radius 3 is 2.50 bits per heavy atom. The Kier molecular flexibility index (Phi) is 5.15. The highest BCUT2D eigenvalue weighted by Crippen LogP contribution is 2.23. The summed E-state index contributed by atoms with van der Waals surface area (Å²) in [6, 6.07) is 1.98. The molecule has 0 amide bonds. The van der Waals surface area contributed by atoms with Crippen LogP contribution in [0.15, 0.2) is 28.0 Å². The third-order valence-corrected chi connectivity index (χ3v) is 6.55. The van der Waals surface area contributed by atoms with Crippen molar-refractivity contribution in [3.8, 4) is 0 Å². The van der Waals surface area contributed by atoms with Gasteiger partial charge in [-0.15, -0.1) is 5.10 Å². The molecule has 2 aromatic rings. The number of fused-ring (bicyclic) bond motifs is 1. The van der Waals surface area contributed by atoms with Gasteiger partial charge in [0.1, 0.15) is 4.90 Å². The lowest BCUT2D eigenvalue weighted by Gasteiger charge is -2.19. The van der Waals surface area contributed by atoms with Crippen molar-refractivity contribution in [3.63, 3.8) is 0 Å². The molecule has 3 rings (SSSR count). The van der Waals surface area contributed by atoms with E-state index < -0.39 is 27.7 Å². The number of hydrogen-bond donors (Lipinski definition) is 0. The second kappa shape index (κ2) is 7.20. The Morgan fingerprint density at radius 2 is 1.88 bits per heavy atom. The molecule has 0 aliphatic carbocycles. The molecule has 10 heteroatoms. The Bertz CT molecular complexity index is 970. The number of pyridine rings is 1. The van der Waals surface area contributed by atoms with Crippen molar-refractivity contribution >= 4 is 21.6 Å². The molecule has 3 heterocycles. The zero-order chi connectivity index (χ0) is 18.9. The van der Waals surface area contributed by atoms with E-state index in [1.165, 1.54) is 36.7 Å². The van der Waals surface area contributed by atoms with Crippen molar-refractivity contribution in [1.82, 2.24) is 18.5 Å². The van der Waals surface area contributed by atoms with E-state index in [0.717, 1.165) is 34.8 Å². The molecule has 0 bridgehead atoms. The van der Waals surface area contributed by atoms with E-state index in [4.69, 9.17) is 0 Å². The van der Waals surface area contributed by atoms with Gasteiger partial charge in [-0.25, -0.2) is 22.4 Å². The summed E-state index contributed by atoms with van der Waals surface area (Å²) in [5, 5.41) is 4.13. The maximum atomic E-state index is 13.1. The van der Waals surface area contributed by atoms with Gasteiger partial charge in [0.05, 0.1) is 7.11 Å². The molecule has 0 unspecified atom stereocenters. The van der Waals surface area contributed by atoms with Gasteiger partial charge in [0.15, 0.2) is 11.7 Å². The highest BCUT2D eigenvalue weighted by Gasteiger charge is 2.30. The van der Waals surface area contributed by atoms with E-state index in [1.54, 1.807) is 0 Å². The van der Waals surface area contributed by atoms with Crippen molar-refractivity contribution in [2.75, 3.05) is 20.2 Å². The summed E-state index contributed by atoms with van der Waals surface area (Å²) in [6.07, 6.45) is 5.06. The first-order chi connectivity index (χ1) is 12.4. The van der Waals surface area contributed by atoms with Crippen LogP contribution in [0, 0.1) is 0 Å². The van der Waals surface area contributed by atoms with Crippen LogP contribution in [0.5, 0.6) is 0 Å². The predicted octanol–water partition coefficient (Wildman–Crippen LogP) is 0.795. The van der Waals surface area contributed by atoms with Crippen LogP contribution >= 0.6 is 0 Å². The number of aromatic nitrogens is 3. The zero-order valence-corrected chi connectivity index (χ0v) is 15.6. The van der Waals surface area contributed by atoms with E-state index in [0.29, 0.717) is 13.1 Å². The van der Waals surface area contributed by atoms with E-state index in [-0.39, 0.29) is 10.5 Å². The highest BCUT2D eigenvalue weighted by atomic mass is 32.2. The number of esters is 1. The number of sulfonamides is 1. The molecule has 0 spiro atoms. The third kappa shape index (κ3) is 3.14. The van der Waals surface area contributed by atoms with Crippen LogP contribution in [0.1, 0.15) is 38.6 Å². The molecule has 0 saturated carbocycles. The van der Waals surface area contributed by atoms with Gasteiger partial charge in [0, 0.05) is 19.3 Å². The largest absolute Gasteiger partial charge is 0.467 e. The minimum absolute atomic E-state index is 0.0116. The summed E-state index contributed by atoms with van der Waals surface area (Å²) >= 11 is 0. The topological polar surface area (TPSA) is 103 Å². The maximum Gasteiger partial charge on any atom is 0.351 e. The Labute approximate surface area is 151 Å². The number of carbonyl (C=O) groups is 1. The van der Waals surface area contributed by atoms with Crippen LogP contribution in [-0.2, 0) is 19.6 Å². The highest BCUT2D eigenvalue weighted by molar-refractivity contribution is 7.89. The maximum absolute atomic E-state index is 13.1. The summed E-state index contributed by atoms with van der Waals surface area (Å²) in [6.45, 7) is 2.38. The average Bonchev–Trinajstić information content (AvgIpc) is 2.82. The summed E-state index contributed by atoms with van der Waals surface area (Å²) in [4.78, 5) is 24.3.